The van der Waals surface area contributed by atoms with Crippen LogP contribution in [-0.4, -0.2) is 35.9 Å². The predicted octanol–water partition coefficient (Wildman–Crippen LogP) is -0.0386. The van der Waals surface area contributed by atoms with Gasteiger partial charge in [-0.1, -0.05) is 0 Å². The van der Waals surface area contributed by atoms with Crippen LogP contribution < -0.4 is 10.0 Å². The first kappa shape index (κ1) is 12.6. The van der Waals surface area contributed by atoms with E-state index in [2.05, 4.69) is 30.4 Å². The van der Waals surface area contributed by atoms with Gasteiger partial charge in [-0.3, -0.25) is 14.9 Å². The van der Waals surface area contributed by atoms with E-state index in [1.807, 2.05) is 0 Å². The van der Waals surface area contributed by atoms with E-state index in [9.17, 15) is 8.42 Å². The third-order valence-corrected chi connectivity index (χ3v) is 3.75. The Balaban J connectivity index is 2.35. The van der Waals surface area contributed by atoms with Crippen molar-refractivity contribution in [3.63, 3.8) is 0 Å². The van der Waals surface area contributed by atoms with Gasteiger partial charge in [0.15, 0.2) is 0 Å². The Bertz CT molecular complexity index is 616. The zero-order valence-corrected chi connectivity index (χ0v) is 10.8. The van der Waals surface area contributed by atoms with Gasteiger partial charge in [-0.25, -0.2) is 0 Å². The summed E-state index contributed by atoms with van der Waals surface area (Å²) in [5.74, 6) is 0. The average molecular weight is 270 g/mol. The second kappa shape index (κ2) is 4.78. The summed E-state index contributed by atoms with van der Waals surface area (Å²) in [6.07, 6.45) is 2.84. The number of nitrogens with one attached hydrogen (secondary N) is 4. The molecule has 0 aliphatic carbocycles. The molecule has 18 heavy (non-hydrogen) atoms. The van der Waals surface area contributed by atoms with Gasteiger partial charge >= 0.3 is 0 Å². The average Bonchev–Trinajstić information content (AvgIpc) is 2.90. The third kappa shape index (κ3) is 2.36. The minimum atomic E-state index is -3.71. The predicted molar refractivity (Wildman–Crippen MR) is 65.5 cm³/mol. The first-order valence-electron chi connectivity index (χ1n) is 5.24. The fourth-order valence-corrected chi connectivity index (χ4v) is 2.78. The topological polar surface area (TPSA) is 116 Å². The third-order valence-electron chi connectivity index (χ3n) is 2.39. The molecule has 0 spiro atoms. The molecule has 0 radical (unpaired) electrons. The van der Waals surface area contributed by atoms with Crippen molar-refractivity contribution in [2.45, 2.75) is 18.5 Å². The van der Waals surface area contributed by atoms with E-state index in [1.165, 1.54) is 12.4 Å². The van der Waals surface area contributed by atoms with Crippen molar-refractivity contribution in [1.29, 1.82) is 0 Å². The Morgan fingerprint density at radius 3 is 2.83 bits per heavy atom. The van der Waals surface area contributed by atoms with Gasteiger partial charge in [0.2, 0.25) is 5.03 Å². The molecular formula is C9H14N6O2S. The Hall–Kier alpha value is -1.87. The standard InChI is InChI=1S/C9H14N6O2S/c1-6-8(5-10-2)9(14-13-6)18(16,17)15-7-3-11-12-4-7/h3-4,10,15H,5H2,1-2H3,(H,11,12)(H,13,14). The number of aromatic nitrogens is 4. The summed E-state index contributed by atoms with van der Waals surface area (Å²) in [6, 6.07) is 0. The lowest BCUT2D eigenvalue weighted by atomic mass is 10.3. The number of sulfonamides is 1. The molecule has 0 aliphatic heterocycles. The van der Waals surface area contributed by atoms with Crippen LogP contribution in [0.4, 0.5) is 5.69 Å². The molecule has 2 aromatic heterocycles. The molecule has 98 valence electrons. The van der Waals surface area contributed by atoms with Crippen molar-refractivity contribution in [2.24, 2.45) is 0 Å². The molecule has 2 aromatic rings. The SMILES string of the molecule is CNCc1c(S(=O)(=O)Nc2cn[nH]c2)n[nH]c1C. The van der Waals surface area contributed by atoms with Crippen LogP contribution in [0.2, 0.25) is 0 Å². The van der Waals surface area contributed by atoms with Crippen LogP contribution in [0.5, 0.6) is 0 Å². The van der Waals surface area contributed by atoms with Crippen molar-refractivity contribution in [3.8, 4) is 0 Å². The fraction of sp³-hybridized carbons (Fsp3) is 0.333. The van der Waals surface area contributed by atoms with Crippen molar-refractivity contribution in [2.75, 3.05) is 11.8 Å². The highest BCUT2D eigenvalue weighted by Crippen LogP contribution is 2.18. The molecule has 9 heteroatoms. The molecule has 0 fully saturated rings. The summed E-state index contributed by atoms with van der Waals surface area (Å²) < 4.78 is 26.7. The molecule has 2 heterocycles. The normalized spacial score (nSPS) is 11.7. The molecular weight excluding hydrogens is 256 g/mol. The van der Waals surface area contributed by atoms with Crippen LogP contribution >= 0.6 is 0 Å². The van der Waals surface area contributed by atoms with Gasteiger partial charge in [-0.15, -0.1) is 0 Å². The fourth-order valence-electron chi connectivity index (χ4n) is 1.55. The zero-order chi connectivity index (χ0) is 13.2. The minimum absolute atomic E-state index is 0.00412. The second-order valence-corrected chi connectivity index (χ2v) is 5.35. The highest BCUT2D eigenvalue weighted by atomic mass is 32.2. The smallest absolute Gasteiger partial charge is 0.281 e. The summed E-state index contributed by atoms with van der Waals surface area (Å²) in [4.78, 5) is 0. The van der Waals surface area contributed by atoms with E-state index < -0.39 is 10.0 Å². The summed E-state index contributed by atoms with van der Waals surface area (Å²) in [7, 11) is -1.97. The van der Waals surface area contributed by atoms with Crippen molar-refractivity contribution in [3.05, 3.63) is 23.7 Å². The summed E-state index contributed by atoms with van der Waals surface area (Å²) in [5, 5.41) is 15.6. The van der Waals surface area contributed by atoms with E-state index in [1.54, 1.807) is 14.0 Å². The second-order valence-electron chi connectivity index (χ2n) is 3.76. The first-order chi connectivity index (χ1) is 8.54. The lowest BCUT2D eigenvalue weighted by Crippen LogP contribution is -2.17. The summed E-state index contributed by atoms with van der Waals surface area (Å²) in [5.41, 5.74) is 1.71. The molecule has 0 saturated heterocycles. The van der Waals surface area contributed by atoms with Gasteiger partial charge in [0, 0.05) is 24.0 Å². The lowest BCUT2D eigenvalue weighted by Gasteiger charge is -2.05. The number of rotatable bonds is 5. The van der Waals surface area contributed by atoms with Gasteiger partial charge in [0.1, 0.15) is 0 Å². The molecule has 0 amide bonds. The van der Waals surface area contributed by atoms with Gasteiger partial charge in [-0.05, 0) is 14.0 Å². The Morgan fingerprint density at radius 2 is 2.22 bits per heavy atom. The number of aromatic amines is 2. The Labute approximate surface area is 104 Å². The molecule has 2 rings (SSSR count). The quantitative estimate of drug-likeness (QED) is 0.608. The highest BCUT2D eigenvalue weighted by Gasteiger charge is 2.23. The van der Waals surface area contributed by atoms with Crippen LogP contribution in [0.15, 0.2) is 17.4 Å². The van der Waals surface area contributed by atoms with E-state index in [0.717, 1.165) is 5.69 Å². The number of anilines is 1. The molecule has 0 aromatic carbocycles. The van der Waals surface area contributed by atoms with Crippen LogP contribution in [0.1, 0.15) is 11.3 Å². The van der Waals surface area contributed by atoms with Gasteiger partial charge in [0.25, 0.3) is 10.0 Å². The maximum atomic E-state index is 12.1. The molecule has 0 saturated carbocycles. The molecule has 0 atom stereocenters. The van der Waals surface area contributed by atoms with Crippen LogP contribution in [0.3, 0.4) is 0 Å². The molecule has 0 bridgehead atoms. The number of H-pyrrole nitrogens is 2. The molecule has 8 nitrogen and oxygen atoms in total. The van der Waals surface area contributed by atoms with Gasteiger partial charge in [0.05, 0.1) is 11.9 Å². The van der Waals surface area contributed by atoms with Gasteiger partial charge < -0.3 is 5.32 Å². The summed E-state index contributed by atoms with van der Waals surface area (Å²) >= 11 is 0. The Morgan fingerprint density at radius 1 is 1.44 bits per heavy atom. The van der Waals surface area contributed by atoms with E-state index in [0.29, 0.717) is 17.8 Å². The summed E-state index contributed by atoms with van der Waals surface area (Å²) in [6.45, 7) is 2.19. The molecule has 0 aliphatic rings. The molecule has 0 unspecified atom stereocenters. The molecule has 4 N–H and O–H groups in total. The van der Waals surface area contributed by atoms with Crippen LogP contribution in [0.25, 0.3) is 0 Å². The maximum absolute atomic E-state index is 12.1. The lowest BCUT2D eigenvalue weighted by molar-refractivity contribution is 0.595. The minimum Gasteiger partial charge on any atom is -0.316 e. The highest BCUT2D eigenvalue weighted by molar-refractivity contribution is 7.92. The van der Waals surface area contributed by atoms with Crippen molar-refractivity contribution < 1.29 is 8.42 Å². The first-order valence-corrected chi connectivity index (χ1v) is 6.73. The number of nitrogens with zero attached hydrogens (tertiary/aromatic N) is 2. The number of hydrogen-bond acceptors (Lipinski definition) is 5. The number of aryl methyl sites for hydroxylation is 1. The number of hydrogen-bond donors (Lipinski definition) is 4. The zero-order valence-electron chi connectivity index (χ0n) is 9.98. The van der Waals surface area contributed by atoms with Gasteiger partial charge in [-0.2, -0.15) is 18.6 Å². The van der Waals surface area contributed by atoms with E-state index in [-0.39, 0.29) is 5.03 Å². The van der Waals surface area contributed by atoms with Crippen LogP contribution in [-0.2, 0) is 16.6 Å². The Kier molecular flexibility index (Phi) is 3.34. The van der Waals surface area contributed by atoms with Crippen molar-refractivity contribution in [1.82, 2.24) is 25.7 Å². The van der Waals surface area contributed by atoms with E-state index >= 15 is 0 Å². The monoisotopic (exact) mass is 270 g/mol. The van der Waals surface area contributed by atoms with Crippen molar-refractivity contribution >= 4 is 15.7 Å². The maximum Gasteiger partial charge on any atom is 0.281 e. The largest absolute Gasteiger partial charge is 0.316 e. The van der Waals surface area contributed by atoms with Crippen LogP contribution in [0, 0.1) is 6.92 Å². The van der Waals surface area contributed by atoms with E-state index in [4.69, 9.17) is 0 Å².